The van der Waals surface area contributed by atoms with Gasteiger partial charge >= 0.3 is 0 Å². The van der Waals surface area contributed by atoms with Gasteiger partial charge in [0, 0.05) is 12.5 Å². The second-order valence-corrected chi connectivity index (χ2v) is 5.05. The van der Waals surface area contributed by atoms with Gasteiger partial charge in [-0.3, -0.25) is 4.79 Å². The van der Waals surface area contributed by atoms with E-state index in [9.17, 15) is 4.79 Å². The van der Waals surface area contributed by atoms with Crippen molar-refractivity contribution in [2.75, 3.05) is 20.2 Å². The highest BCUT2D eigenvalue weighted by Crippen LogP contribution is 2.19. The van der Waals surface area contributed by atoms with Crippen LogP contribution in [-0.2, 0) is 11.3 Å². The maximum atomic E-state index is 12.0. The van der Waals surface area contributed by atoms with Crippen LogP contribution < -0.4 is 15.4 Å². The van der Waals surface area contributed by atoms with E-state index in [2.05, 4.69) is 10.6 Å². The van der Waals surface area contributed by atoms with Crippen molar-refractivity contribution in [2.24, 2.45) is 5.92 Å². The average Bonchev–Trinajstić information content (AvgIpc) is 2.47. The monoisotopic (exact) mass is 262 g/mol. The van der Waals surface area contributed by atoms with Crippen LogP contribution in [0.3, 0.4) is 0 Å². The molecule has 0 saturated carbocycles. The van der Waals surface area contributed by atoms with Gasteiger partial charge in [0.05, 0.1) is 7.11 Å². The van der Waals surface area contributed by atoms with Gasteiger partial charge in [-0.25, -0.2) is 0 Å². The summed E-state index contributed by atoms with van der Waals surface area (Å²) in [5, 5.41) is 6.29. The molecule has 104 valence electrons. The zero-order valence-electron chi connectivity index (χ0n) is 11.7. The summed E-state index contributed by atoms with van der Waals surface area (Å²) in [7, 11) is 1.67. The summed E-state index contributed by atoms with van der Waals surface area (Å²) < 4.78 is 5.29. The van der Waals surface area contributed by atoms with Crippen LogP contribution in [0.2, 0.25) is 0 Å². The van der Waals surface area contributed by atoms with Crippen LogP contribution in [0, 0.1) is 12.8 Å². The van der Waals surface area contributed by atoms with E-state index in [-0.39, 0.29) is 11.8 Å². The van der Waals surface area contributed by atoms with Crippen molar-refractivity contribution in [2.45, 2.75) is 26.3 Å². The summed E-state index contributed by atoms with van der Waals surface area (Å²) in [5.41, 5.74) is 2.18. The van der Waals surface area contributed by atoms with Crippen LogP contribution in [0.15, 0.2) is 18.2 Å². The highest BCUT2D eigenvalue weighted by Gasteiger charge is 2.20. The Labute approximate surface area is 114 Å². The van der Waals surface area contributed by atoms with Gasteiger partial charge < -0.3 is 15.4 Å². The van der Waals surface area contributed by atoms with Gasteiger partial charge in [-0.05, 0) is 50.0 Å². The Balaban J connectivity index is 1.89. The maximum Gasteiger partial charge on any atom is 0.223 e. The summed E-state index contributed by atoms with van der Waals surface area (Å²) in [5.74, 6) is 1.20. The second kappa shape index (κ2) is 6.57. The van der Waals surface area contributed by atoms with Crippen molar-refractivity contribution in [3.8, 4) is 5.75 Å². The first-order valence-corrected chi connectivity index (χ1v) is 6.82. The van der Waals surface area contributed by atoms with E-state index in [1.165, 1.54) is 0 Å². The Kier molecular flexibility index (Phi) is 4.80. The van der Waals surface area contributed by atoms with Crippen LogP contribution in [0.5, 0.6) is 5.75 Å². The van der Waals surface area contributed by atoms with E-state index in [4.69, 9.17) is 4.74 Å². The zero-order valence-corrected chi connectivity index (χ0v) is 11.7. The predicted molar refractivity (Wildman–Crippen MR) is 75.2 cm³/mol. The fourth-order valence-electron chi connectivity index (χ4n) is 2.39. The van der Waals surface area contributed by atoms with Crippen molar-refractivity contribution in [1.82, 2.24) is 10.6 Å². The van der Waals surface area contributed by atoms with E-state index >= 15 is 0 Å². The molecule has 0 unspecified atom stereocenters. The number of carbonyl (C=O) groups is 1. The highest BCUT2D eigenvalue weighted by atomic mass is 16.5. The number of nitrogens with one attached hydrogen (secondary N) is 2. The third kappa shape index (κ3) is 3.70. The molecule has 0 spiro atoms. The standard InChI is InChI=1S/C15H22N2O2/c1-11-3-4-12(9-14(11)19-2)10-17-15(18)13-5-7-16-8-6-13/h3-4,9,13,16H,5-8,10H2,1-2H3,(H,17,18). The molecule has 4 nitrogen and oxygen atoms in total. The molecule has 1 aromatic carbocycles. The SMILES string of the molecule is COc1cc(CNC(=O)C2CCNCC2)ccc1C. The molecule has 1 fully saturated rings. The Bertz CT molecular complexity index is 440. The molecular formula is C15H22N2O2. The molecule has 1 aliphatic heterocycles. The van der Waals surface area contributed by atoms with Crippen LogP contribution in [0.25, 0.3) is 0 Å². The third-order valence-corrected chi connectivity index (χ3v) is 3.65. The van der Waals surface area contributed by atoms with E-state index in [1.807, 2.05) is 25.1 Å². The van der Waals surface area contributed by atoms with Crippen LogP contribution >= 0.6 is 0 Å². The van der Waals surface area contributed by atoms with Gasteiger partial charge in [0.1, 0.15) is 5.75 Å². The van der Waals surface area contributed by atoms with Gasteiger partial charge in [0.15, 0.2) is 0 Å². The smallest absolute Gasteiger partial charge is 0.223 e. The van der Waals surface area contributed by atoms with E-state index < -0.39 is 0 Å². The van der Waals surface area contributed by atoms with Gasteiger partial charge in [0.2, 0.25) is 5.91 Å². The Morgan fingerprint density at radius 2 is 2.16 bits per heavy atom. The van der Waals surface area contributed by atoms with Gasteiger partial charge in [-0.2, -0.15) is 0 Å². The van der Waals surface area contributed by atoms with Crippen molar-refractivity contribution >= 4 is 5.91 Å². The van der Waals surface area contributed by atoms with Crippen LogP contribution in [0.4, 0.5) is 0 Å². The van der Waals surface area contributed by atoms with Crippen molar-refractivity contribution in [3.05, 3.63) is 29.3 Å². The maximum absolute atomic E-state index is 12.0. The minimum absolute atomic E-state index is 0.161. The number of hydrogen-bond acceptors (Lipinski definition) is 3. The van der Waals surface area contributed by atoms with E-state index in [0.29, 0.717) is 6.54 Å². The highest BCUT2D eigenvalue weighted by molar-refractivity contribution is 5.78. The van der Waals surface area contributed by atoms with E-state index in [0.717, 1.165) is 42.8 Å². The first-order valence-electron chi connectivity index (χ1n) is 6.82. The molecule has 1 aliphatic rings. The molecule has 1 amide bonds. The Morgan fingerprint density at radius 1 is 1.42 bits per heavy atom. The number of benzene rings is 1. The lowest BCUT2D eigenvalue weighted by Crippen LogP contribution is -2.37. The molecule has 0 aliphatic carbocycles. The van der Waals surface area contributed by atoms with Gasteiger partial charge in [0.25, 0.3) is 0 Å². The molecule has 1 heterocycles. The summed E-state index contributed by atoms with van der Waals surface area (Å²) >= 11 is 0. The third-order valence-electron chi connectivity index (χ3n) is 3.65. The molecule has 0 aromatic heterocycles. The lowest BCUT2D eigenvalue weighted by atomic mass is 9.97. The normalized spacial score (nSPS) is 16.1. The fraction of sp³-hybridized carbons (Fsp3) is 0.533. The number of carbonyl (C=O) groups excluding carboxylic acids is 1. The molecule has 1 saturated heterocycles. The number of methoxy groups -OCH3 is 1. The number of hydrogen-bond donors (Lipinski definition) is 2. The van der Waals surface area contributed by atoms with Gasteiger partial charge in [-0.15, -0.1) is 0 Å². The molecule has 0 radical (unpaired) electrons. The molecule has 0 atom stereocenters. The minimum Gasteiger partial charge on any atom is -0.496 e. The van der Waals surface area contributed by atoms with Crippen LogP contribution in [0.1, 0.15) is 24.0 Å². The molecule has 0 bridgehead atoms. The Morgan fingerprint density at radius 3 is 2.84 bits per heavy atom. The van der Waals surface area contributed by atoms with Crippen molar-refractivity contribution in [1.29, 1.82) is 0 Å². The lowest BCUT2D eigenvalue weighted by molar-refractivity contribution is -0.125. The minimum atomic E-state index is 0.161. The van der Waals surface area contributed by atoms with E-state index in [1.54, 1.807) is 7.11 Å². The molecule has 2 rings (SSSR count). The number of amides is 1. The molecule has 19 heavy (non-hydrogen) atoms. The van der Waals surface area contributed by atoms with Crippen molar-refractivity contribution in [3.63, 3.8) is 0 Å². The summed E-state index contributed by atoms with van der Waals surface area (Å²) in [6, 6.07) is 6.03. The zero-order chi connectivity index (χ0) is 13.7. The quantitative estimate of drug-likeness (QED) is 0.867. The topological polar surface area (TPSA) is 50.4 Å². The number of aryl methyl sites for hydroxylation is 1. The molecule has 2 N–H and O–H groups in total. The number of ether oxygens (including phenoxy) is 1. The molecule has 4 heteroatoms. The molecule has 1 aromatic rings. The Hall–Kier alpha value is -1.55. The predicted octanol–water partition coefficient (Wildman–Crippen LogP) is 1.62. The summed E-state index contributed by atoms with van der Waals surface area (Å²) in [4.78, 5) is 12.0. The first-order chi connectivity index (χ1) is 9.20. The number of piperidine rings is 1. The summed E-state index contributed by atoms with van der Waals surface area (Å²) in [6.45, 7) is 4.46. The fourth-order valence-corrected chi connectivity index (χ4v) is 2.39. The van der Waals surface area contributed by atoms with Crippen LogP contribution in [-0.4, -0.2) is 26.1 Å². The number of rotatable bonds is 4. The van der Waals surface area contributed by atoms with Crippen molar-refractivity contribution < 1.29 is 9.53 Å². The largest absolute Gasteiger partial charge is 0.496 e. The first kappa shape index (κ1) is 13.9. The average molecular weight is 262 g/mol. The lowest BCUT2D eigenvalue weighted by Gasteiger charge is -2.21. The van der Waals surface area contributed by atoms with Gasteiger partial charge in [-0.1, -0.05) is 12.1 Å². The molecular weight excluding hydrogens is 240 g/mol. The second-order valence-electron chi connectivity index (χ2n) is 5.05. The summed E-state index contributed by atoms with van der Waals surface area (Å²) in [6.07, 6.45) is 1.87.